The summed E-state index contributed by atoms with van der Waals surface area (Å²) in [5.41, 5.74) is 0.355. The van der Waals surface area contributed by atoms with Crippen molar-refractivity contribution in [3.8, 4) is 0 Å². The second-order valence-corrected chi connectivity index (χ2v) is 8.61. The summed E-state index contributed by atoms with van der Waals surface area (Å²) < 4.78 is 10.7. The Morgan fingerprint density at radius 3 is 2.52 bits per heavy atom. The number of carbonyl (C=O) groups excluding carboxylic acids is 5. The molecule has 1 aliphatic carbocycles. The van der Waals surface area contributed by atoms with E-state index in [1.165, 1.54) is 25.1 Å². The van der Waals surface area contributed by atoms with Gasteiger partial charge >= 0.3 is 12.0 Å². The lowest BCUT2D eigenvalue weighted by atomic mass is 10.1. The molecule has 2 atom stereocenters. The van der Waals surface area contributed by atoms with Gasteiger partial charge in [0.15, 0.2) is 6.10 Å². The van der Waals surface area contributed by atoms with E-state index >= 15 is 0 Å². The number of imide groups is 2. The first-order valence-electron chi connectivity index (χ1n) is 11.3. The minimum absolute atomic E-state index is 0.0314. The molecular weight excluding hydrogens is 430 g/mol. The highest BCUT2D eigenvalue weighted by molar-refractivity contribution is 6.22. The third-order valence-electron chi connectivity index (χ3n) is 6.20. The molecule has 1 aromatic rings. The lowest BCUT2D eigenvalue weighted by molar-refractivity contribution is -0.127. The van der Waals surface area contributed by atoms with Crippen LogP contribution in [-0.2, 0) is 14.3 Å². The van der Waals surface area contributed by atoms with Gasteiger partial charge in [-0.2, -0.15) is 0 Å². The first-order chi connectivity index (χ1) is 15.8. The fourth-order valence-corrected chi connectivity index (χ4v) is 4.36. The quantitative estimate of drug-likeness (QED) is 0.492. The molecule has 0 bridgehead atoms. The zero-order valence-corrected chi connectivity index (χ0v) is 18.4. The molecular formula is C23H27N3O7. The highest BCUT2D eigenvalue weighted by atomic mass is 16.5. The molecule has 2 fully saturated rings. The van der Waals surface area contributed by atoms with Crippen molar-refractivity contribution in [3.05, 3.63) is 34.9 Å². The van der Waals surface area contributed by atoms with Crippen molar-refractivity contribution in [1.29, 1.82) is 0 Å². The summed E-state index contributed by atoms with van der Waals surface area (Å²) in [5, 5.41) is 4.90. The highest BCUT2D eigenvalue weighted by Gasteiger charge is 2.38. The Kier molecular flexibility index (Phi) is 6.73. The summed E-state index contributed by atoms with van der Waals surface area (Å²) in [7, 11) is 0. The second kappa shape index (κ2) is 9.70. The molecule has 2 aliphatic heterocycles. The van der Waals surface area contributed by atoms with Crippen LogP contribution in [0.15, 0.2) is 18.2 Å². The van der Waals surface area contributed by atoms with Gasteiger partial charge in [0.25, 0.3) is 17.7 Å². The molecule has 2 unspecified atom stereocenters. The molecule has 1 saturated heterocycles. The zero-order chi connectivity index (χ0) is 23.5. The number of hydrogen-bond acceptors (Lipinski definition) is 7. The van der Waals surface area contributed by atoms with E-state index in [1.54, 1.807) is 0 Å². The number of carbonyl (C=O) groups is 5. The molecule has 5 amide bonds. The van der Waals surface area contributed by atoms with Crippen LogP contribution in [0.1, 0.15) is 76.5 Å². The number of amides is 5. The van der Waals surface area contributed by atoms with Crippen LogP contribution in [0, 0.1) is 0 Å². The number of fused-ring (bicyclic) bond motifs is 1. The molecule has 0 spiro atoms. The molecule has 1 aromatic carbocycles. The number of benzene rings is 1. The van der Waals surface area contributed by atoms with Gasteiger partial charge in [-0.25, -0.2) is 9.59 Å². The molecule has 2 N–H and O–H groups in total. The van der Waals surface area contributed by atoms with E-state index in [0.717, 1.165) is 43.4 Å². The van der Waals surface area contributed by atoms with Crippen molar-refractivity contribution >= 4 is 29.7 Å². The topological polar surface area (TPSA) is 131 Å². The average molecular weight is 457 g/mol. The molecule has 0 radical (unpaired) electrons. The standard InChI is InChI=1S/C23H27N3O7/c1-13(19(27)25-23(31)24-15-5-2-3-6-15)33-22(30)14-8-9-17-18(11-14)21(29)26(20(17)28)12-16-7-4-10-32-16/h8-9,11,13,15-16H,2-7,10,12H2,1H3,(H2,24,25,27,31). The van der Waals surface area contributed by atoms with Crippen molar-refractivity contribution in [2.75, 3.05) is 13.2 Å². The molecule has 3 aliphatic rings. The van der Waals surface area contributed by atoms with Crippen LogP contribution in [0.25, 0.3) is 0 Å². The van der Waals surface area contributed by atoms with Gasteiger partial charge in [-0.15, -0.1) is 0 Å². The molecule has 0 aromatic heterocycles. The van der Waals surface area contributed by atoms with Crippen molar-refractivity contribution in [3.63, 3.8) is 0 Å². The summed E-state index contributed by atoms with van der Waals surface area (Å²) in [6, 6.07) is 3.50. The normalized spacial score (nSPS) is 21.1. The van der Waals surface area contributed by atoms with E-state index in [-0.39, 0.29) is 35.4 Å². The Hall–Kier alpha value is -3.27. The van der Waals surface area contributed by atoms with Crippen molar-refractivity contribution in [2.45, 2.75) is 63.7 Å². The van der Waals surface area contributed by atoms with Crippen molar-refractivity contribution < 1.29 is 33.4 Å². The number of ether oxygens (including phenoxy) is 2. The maximum Gasteiger partial charge on any atom is 0.338 e. The van der Waals surface area contributed by atoms with Gasteiger partial charge < -0.3 is 14.8 Å². The first kappa shape index (κ1) is 22.9. The third-order valence-corrected chi connectivity index (χ3v) is 6.20. The van der Waals surface area contributed by atoms with Crippen LogP contribution in [0.5, 0.6) is 0 Å². The Labute approximate surface area is 191 Å². The van der Waals surface area contributed by atoms with E-state index in [2.05, 4.69) is 10.6 Å². The molecule has 10 nitrogen and oxygen atoms in total. The number of urea groups is 1. The van der Waals surface area contributed by atoms with Crippen LogP contribution in [0.2, 0.25) is 0 Å². The number of nitrogens with zero attached hydrogens (tertiary/aromatic N) is 1. The monoisotopic (exact) mass is 457 g/mol. The van der Waals surface area contributed by atoms with E-state index in [1.807, 2.05) is 0 Å². The summed E-state index contributed by atoms with van der Waals surface area (Å²) >= 11 is 0. The van der Waals surface area contributed by atoms with Crippen LogP contribution < -0.4 is 10.6 Å². The third kappa shape index (κ3) is 5.05. The van der Waals surface area contributed by atoms with E-state index in [9.17, 15) is 24.0 Å². The van der Waals surface area contributed by atoms with Gasteiger partial charge in [0, 0.05) is 12.6 Å². The molecule has 176 valence electrons. The van der Waals surface area contributed by atoms with Gasteiger partial charge in [0.2, 0.25) is 0 Å². The van der Waals surface area contributed by atoms with E-state index in [4.69, 9.17) is 9.47 Å². The average Bonchev–Trinajstić information content (AvgIpc) is 3.53. The number of hydrogen-bond donors (Lipinski definition) is 2. The molecule has 10 heteroatoms. The largest absolute Gasteiger partial charge is 0.449 e. The number of nitrogens with one attached hydrogen (secondary N) is 2. The van der Waals surface area contributed by atoms with Gasteiger partial charge in [0.1, 0.15) is 0 Å². The van der Waals surface area contributed by atoms with Crippen LogP contribution >= 0.6 is 0 Å². The van der Waals surface area contributed by atoms with Crippen molar-refractivity contribution in [1.82, 2.24) is 15.5 Å². The number of esters is 1. The van der Waals surface area contributed by atoms with Gasteiger partial charge in [0.05, 0.1) is 29.3 Å². The van der Waals surface area contributed by atoms with E-state index in [0.29, 0.717) is 6.61 Å². The second-order valence-electron chi connectivity index (χ2n) is 8.61. The minimum atomic E-state index is -1.23. The molecule has 33 heavy (non-hydrogen) atoms. The molecule has 4 rings (SSSR count). The maximum absolute atomic E-state index is 12.8. The van der Waals surface area contributed by atoms with Crippen LogP contribution in [0.3, 0.4) is 0 Å². The lowest BCUT2D eigenvalue weighted by Crippen LogP contribution is -2.47. The fraction of sp³-hybridized carbons (Fsp3) is 0.522. The first-order valence-corrected chi connectivity index (χ1v) is 11.3. The Morgan fingerprint density at radius 2 is 1.82 bits per heavy atom. The van der Waals surface area contributed by atoms with Gasteiger partial charge in [-0.1, -0.05) is 12.8 Å². The van der Waals surface area contributed by atoms with Gasteiger partial charge in [-0.05, 0) is 50.8 Å². The SMILES string of the molecule is CC(OC(=O)c1ccc2c(c1)C(=O)N(CC1CCCO1)C2=O)C(=O)NC(=O)NC1CCCC1. The summed E-state index contributed by atoms with van der Waals surface area (Å²) in [6.07, 6.45) is 4.08. The van der Waals surface area contributed by atoms with Gasteiger partial charge in [-0.3, -0.25) is 24.6 Å². The smallest absolute Gasteiger partial charge is 0.338 e. The fourth-order valence-electron chi connectivity index (χ4n) is 4.36. The summed E-state index contributed by atoms with van der Waals surface area (Å²) in [5.74, 6) is -2.51. The van der Waals surface area contributed by atoms with E-state index < -0.39 is 35.8 Å². The lowest BCUT2D eigenvalue weighted by Gasteiger charge is -2.17. The Bertz CT molecular complexity index is 980. The highest BCUT2D eigenvalue weighted by Crippen LogP contribution is 2.26. The molecule has 1 saturated carbocycles. The predicted molar refractivity (Wildman–Crippen MR) is 115 cm³/mol. The van der Waals surface area contributed by atoms with Crippen molar-refractivity contribution in [2.24, 2.45) is 0 Å². The Balaban J connectivity index is 1.35. The molecule has 2 heterocycles. The minimum Gasteiger partial charge on any atom is -0.449 e. The summed E-state index contributed by atoms with van der Waals surface area (Å²) in [6.45, 7) is 2.13. The van der Waals surface area contributed by atoms with Crippen LogP contribution in [0.4, 0.5) is 4.79 Å². The predicted octanol–water partition coefficient (Wildman–Crippen LogP) is 1.78. The van der Waals surface area contributed by atoms with Crippen LogP contribution in [-0.4, -0.2) is 66.0 Å². The zero-order valence-electron chi connectivity index (χ0n) is 18.4. The Morgan fingerprint density at radius 1 is 1.09 bits per heavy atom. The maximum atomic E-state index is 12.8. The number of rotatable bonds is 6. The summed E-state index contributed by atoms with van der Waals surface area (Å²) in [4.78, 5) is 63.2.